The molecule has 0 bridgehead atoms. The van der Waals surface area contributed by atoms with Crippen molar-refractivity contribution in [3.63, 3.8) is 0 Å². The first kappa shape index (κ1) is 15.2. The van der Waals surface area contributed by atoms with Crippen LogP contribution in [-0.4, -0.2) is 10.0 Å². The topological polar surface area (TPSA) is 63.4 Å². The number of nitrogens with zero attached hydrogens (tertiary/aromatic N) is 1. The number of nitro groups is 1. The number of rotatable bonds is 3. The maximum absolute atomic E-state index is 13.0. The Labute approximate surface area is 121 Å². The minimum Gasteiger partial charge on any atom is -0.508 e. The molecular weight excluding hydrogens is 307 g/mol. The van der Waals surface area contributed by atoms with E-state index in [0.717, 1.165) is 23.9 Å². The van der Waals surface area contributed by atoms with Crippen molar-refractivity contribution < 1.29 is 23.2 Å². The van der Waals surface area contributed by atoms with Gasteiger partial charge in [-0.25, -0.2) is 0 Å². The lowest BCUT2D eigenvalue weighted by Crippen LogP contribution is -2.07. The van der Waals surface area contributed by atoms with E-state index in [4.69, 9.17) is 0 Å². The molecule has 0 fully saturated rings. The average Bonchev–Trinajstić information content (AvgIpc) is 2.37. The molecule has 0 aliphatic carbocycles. The number of phenols is 1. The van der Waals surface area contributed by atoms with Crippen LogP contribution in [0.15, 0.2) is 52.3 Å². The molecule has 21 heavy (non-hydrogen) atoms. The van der Waals surface area contributed by atoms with E-state index in [-0.39, 0.29) is 10.6 Å². The molecule has 110 valence electrons. The van der Waals surface area contributed by atoms with E-state index >= 15 is 0 Å². The molecule has 0 aliphatic rings. The molecule has 2 rings (SSSR count). The highest BCUT2D eigenvalue weighted by Gasteiger charge is 2.35. The highest BCUT2D eigenvalue weighted by Crippen LogP contribution is 2.41. The van der Waals surface area contributed by atoms with Crippen LogP contribution in [-0.2, 0) is 6.18 Å². The Hall–Kier alpha value is -2.22. The molecule has 0 radical (unpaired) electrons. The number of hydrogen-bond donors (Lipinski definition) is 1. The van der Waals surface area contributed by atoms with E-state index in [9.17, 15) is 28.4 Å². The Morgan fingerprint density at radius 1 is 1.14 bits per heavy atom. The van der Waals surface area contributed by atoms with E-state index in [2.05, 4.69) is 0 Å². The summed E-state index contributed by atoms with van der Waals surface area (Å²) in [6.07, 6.45) is -4.70. The summed E-state index contributed by atoms with van der Waals surface area (Å²) in [5.41, 5.74) is -1.70. The lowest BCUT2D eigenvalue weighted by Gasteiger charge is -2.12. The van der Waals surface area contributed by atoms with Gasteiger partial charge in [0.25, 0.3) is 5.69 Å². The third kappa shape index (κ3) is 3.66. The summed E-state index contributed by atoms with van der Waals surface area (Å²) in [6, 6.07) is 8.31. The van der Waals surface area contributed by atoms with Gasteiger partial charge in [-0.1, -0.05) is 17.8 Å². The van der Waals surface area contributed by atoms with Crippen molar-refractivity contribution >= 4 is 17.4 Å². The van der Waals surface area contributed by atoms with Crippen molar-refractivity contribution in [1.82, 2.24) is 0 Å². The number of halogens is 3. The monoisotopic (exact) mass is 315 g/mol. The van der Waals surface area contributed by atoms with Crippen LogP contribution in [0, 0.1) is 10.1 Å². The predicted octanol–water partition coefficient (Wildman–Crippen LogP) is 4.47. The third-order valence-electron chi connectivity index (χ3n) is 2.52. The highest BCUT2D eigenvalue weighted by molar-refractivity contribution is 7.99. The molecular formula is C13H8F3NO3S. The van der Waals surface area contributed by atoms with Gasteiger partial charge in [0.1, 0.15) is 5.75 Å². The second-order valence-corrected chi connectivity index (χ2v) is 5.15. The summed E-state index contributed by atoms with van der Waals surface area (Å²) in [6.45, 7) is 0. The summed E-state index contributed by atoms with van der Waals surface area (Å²) >= 11 is 0.773. The summed E-state index contributed by atoms with van der Waals surface area (Å²) in [5, 5.41) is 19.9. The molecule has 0 amide bonds. The summed E-state index contributed by atoms with van der Waals surface area (Å²) in [4.78, 5) is 9.95. The van der Waals surface area contributed by atoms with Crippen LogP contribution in [0.3, 0.4) is 0 Å². The Bertz CT molecular complexity index is 689. The SMILES string of the molecule is O=[N+]([O-])c1ccc(Sc2cccc(O)c2)c(C(F)(F)F)c1. The fourth-order valence-electron chi connectivity index (χ4n) is 1.62. The average molecular weight is 315 g/mol. The summed E-state index contributed by atoms with van der Waals surface area (Å²) in [7, 11) is 0. The van der Waals surface area contributed by atoms with Crippen LogP contribution >= 0.6 is 11.8 Å². The minimum absolute atomic E-state index is 0.0736. The number of benzene rings is 2. The zero-order valence-electron chi connectivity index (χ0n) is 10.3. The fraction of sp³-hybridized carbons (Fsp3) is 0.0769. The van der Waals surface area contributed by atoms with Crippen molar-refractivity contribution in [3.05, 3.63) is 58.1 Å². The maximum Gasteiger partial charge on any atom is 0.417 e. The number of phenolic OH excluding ortho intramolecular Hbond substituents is 1. The summed E-state index contributed by atoms with van der Waals surface area (Å²) in [5.74, 6) is -0.0736. The van der Waals surface area contributed by atoms with Gasteiger partial charge in [-0.15, -0.1) is 0 Å². The van der Waals surface area contributed by atoms with Gasteiger partial charge in [0.2, 0.25) is 0 Å². The van der Waals surface area contributed by atoms with Crippen LogP contribution in [0.5, 0.6) is 5.75 Å². The molecule has 0 saturated heterocycles. The lowest BCUT2D eigenvalue weighted by molar-refractivity contribution is -0.385. The smallest absolute Gasteiger partial charge is 0.417 e. The molecule has 0 aliphatic heterocycles. The van der Waals surface area contributed by atoms with E-state index in [1.807, 2.05) is 0 Å². The number of nitro benzene ring substituents is 1. The van der Waals surface area contributed by atoms with Crippen molar-refractivity contribution in [3.8, 4) is 5.75 Å². The normalized spacial score (nSPS) is 11.4. The van der Waals surface area contributed by atoms with Gasteiger partial charge in [0, 0.05) is 21.9 Å². The number of alkyl halides is 3. The Morgan fingerprint density at radius 3 is 2.43 bits per heavy atom. The van der Waals surface area contributed by atoms with Crippen molar-refractivity contribution in [2.75, 3.05) is 0 Å². The first-order valence-electron chi connectivity index (χ1n) is 5.60. The van der Waals surface area contributed by atoms with Gasteiger partial charge in [-0.3, -0.25) is 10.1 Å². The van der Waals surface area contributed by atoms with Crippen LogP contribution < -0.4 is 0 Å². The molecule has 2 aromatic rings. The Balaban J connectivity index is 2.45. The van der Waals surface area contributed by atoms with Gasteiger partial charge in [-0.2, -0.15) is 13.2 Å². The standard InChI is InChI=1S/C13H8F3NO3S/c14-13(15,16)11-6-8(17(19)20)4-5-12(11)21-10-3-1-2-9(18)7-10/h1-7,18H. The van der Waals surface area contributed by atoms with Gasteiger partial charge >= 0.3 is 6.18 Å². The molecule has 0 heterocycles. The predicted molar refractivity (Wildman–Crippen MR) is 70.3 cm³/mol. The third-order valence-corrected chi connectivity index (χ3v) is 3.59. The van der Waals surface area contributed by atoms with Crippen molar-refractivity contribution in [1.29, 1.82) is 0 Å². The molecule has 0 aromatic heterocycles. The largest absolute Gasteiger partial charge is 0.508 e. The molecule has 0 atom stereocenters. The maximum atomic E-state index is 13.0. The fourth-order valence-corrected chi connectivity index (χ4v) is 2.62. The van der Waals surface area contributed by atoms with Gasteiger partial charge in [-0.05, 0) is 24.3 Å². The van der Waals surface area contributed by atoms with Gasteiger partial charge in [0.05, 0.1) is 10.5 Å². The van der Waals surface area contributed by atoms with Crippen molar-refractivity contribution in [2.24, 2.45) is 0 Å². The van der Waals surface area contributed by atoms with E-state index in [1.165, 1.54) is 24.3 Å². The molecule has 2 aromatic carbocycles. The van der Waals surface area contributed by atoms with Gasteiger partial charge in [0.15, 0.2) is 0 Å². The van der Waals surface area contributed by atoms with Crippen LogP contribution in [0.1, 0.15) is 5.56 Å². The number of aromatic hydroxyl groups is 1. The molecule has 0 unspecified atom stereocenters. The first-order valence-corrected chi connectivity index (χ1v) is 6.41. The Morgan fingerprint density at radius 2 is 1.86 bits per heavy atom. The molecule has 4 nitrogen and oxygen atoms in total. The molecule has 0 spiro atoms. The van der Waals surface area contributed by atoms with Crippen LogP contribution in [0.4, 0.5) is 18.9 Å². The van der Waals surface area contributed by atoms with E-state index < -0.39 is 22.4 Å². The zero-order valence-corrected chi connectivity index (χ0v) is 11.1. The van der Waals surface area contributed by atoms with Crippen LogP contribution in [0.25, 0.3) is 0 Å². The number of non-ortho nitro benzene ring substituents is 1. The number of hydrogen-bond acceptors (Lipinski definition) is 4. The van der Waals surface area contributed by atoms with Gasteiger partial charge < -0.3 is 5.11 Å². The van der Waals surface area contributed by atoms with E-state index in [1.54, 1.807) is 0 Å². The highest BCUT2D eigenvalue weighted by atomic mass is 32.2. The molecule has 1 N–H and O–H groups in total. The van der Waals surface area contributed by atoms with E-state index in [0.29, 0.717) is 11.0 Å². The Kier molecular flexibility index (Phi) is 4.08. The van der Waals surface area contributed by atoms with Crippen molar-refractivity contribution in [2.45, 2.75) is 16.0 Å². The summed E-state index contributed by atoms with van der Waals surface area (Å²) < 4.78 is 39.0. The quantitative estimate of drug-likeness (QED) is 0.670. The minimum atomic E-state index is -4.70. The molecule has 0 saturated carbocycles. The van der Waals surface area contributed by atoms with Crippen LogP contribution in [0.2, 0.25) is 0 Å². The zero-order chi connectivity index (χ0) is 15.6. The second-order valence-electron chi connectivity index (χ2n) is 4.03. The lowest BCUT2D eigenvalue weighted by atomic mass is 10.2. The molecule has 8 heteroatoms. The second kappa shape index (κ2) is 5.65. The first-order chi connectivity index (χ1) is 9.77.